The molecule has 0 bridgehead atoms. The molecule has 142 valence electrons. The molecule has 1 aliphatic rings. The first-order chi connectivity index (χ1) is 13.8. The van der Waals surface area contributed by atoms with Gasteiger partial charge in [-0.25, -0.2) is 0 Å². The summed E-state index contributed by atoms with van der Waals surface area (Å²) in [5, 5.41) is 3.49. The van der Waals surface area contributed by atoms with Crippen molar-refractivity contribution in [3.8, 4) is 22.4 Å². The molecule has 2 aromatic heterocycles. The van der Waals surface area contributed by atoms with E-state index in [1.54, 1.807) is 12.4 Å². The largest absolute Gasteiger partial charge is 0.341 e. The molecule has 0 saturated carbocycles. The molecular formula is C23H24N4O. The third kappa shape index (κ3) is 4.26. The summed E-state index contributed by atoms with van der Waals surface area (Å²) in [5.74, 6) is 0.270. The number of pyridine rings is 2. The number of carbonyl (C=O) groups excluding carboxylic acids is 1. The minimum Gasteiger partial charge on any atom is -0.341 e. The first-order valence-corrected chi connectivity index (χ1v) is 9.74. The third-order valence-corrected chi connectivity index (χ3v) is 5.07. The first kappa shape index (κ1) is 18.3. The van der Waals surface area contributed by atoms with Gasteiger partial charge in [-0.1, -0.05) is 30.3 Å². The average molecular weight is 372 g/mol. The molecule has 3 aromatic rings. The Morgan fingerprint density at radius 2 is 1.82 bits per heavy atom. The Kier molecular flexibility index (Phi) is 5.73. The maximum absolute atomic E-state index is 11.8. The summed E-state index contributed by atoms with van der Waals surface area (Å²) in [6, 6.07) is 16.5. The minimum absolute atomic E-state index is 0.270. The standard InChI is InChI=1S/C23H24N4O/c28-22-7-4-13-27(22)14-12-25-16-21-15-20(18-5-2-1-3-6-18)17-26-23(21)19-8-10-24-11-9-19/h1-3,5-6,8-11,15,17,25H,4,7,12-14,16H2. The van der Waals surface area contributed by atoms with E-state index < -0.39 is 0 Å². The van der Waals surface area contributed by atoms with Gasteiger partial charge < -0.3 is 10.2 Å². The van der Waals surface area contributed by atoms with Crippen LogP contribution in [0.3, 0.4) is 0 Å². The van der Waals surface area contributed by atoms with Gasteiger partial charge in [0, 0.05) is 62.3 Å². The van der Waals surface area contributed by atoms with Crippen molar-refractivity contribution in [2.24, 2.45) is 0 Å². The number of hydrogen-bond acceptors (Lipinski definition) is 4. The molecule has 28 heavy (non-hydrogen) atoms. The lowest BCUT2D eigenvalue weighted by Gasteiger charge is -2.17. The Balaban J connectivity index is 1.52. The smallest absolute Gasteiger partial charge is 0.222 e. The Labute approximate surface area is 165 Å². The topological polar surface area (TPSA) is 58.1 Å². The zero-order valence-electron chi connectivity index (χ0n) is 15.8. The molecule has 0 aliphatic carbocycles. The van der Waals surface area contributed by atoms with Crippen molar-refractivity contribution in [3.05, 3.63) is 72.7 Å². The van der Waals surface area contributed by atoms with Crippen LogP contribution in [0.25, 0.3) is 22.4 Å². The molecule has 3 heterocycles. The van der Waals surface area contributed by atoms with Crippen LogP contribution in [0.1, 0.15) is 18.4 Å². The van der Waals surface area contributed by atoms with Crippen LogP contribution in [0.2, 0.25) is 0 Å². The second-order valence-electron chi connectivity index (χ2n) is 6.99. The number of carbonyl (C=O) groups is 1. The molecule has 5 heteroatoms. The fourth-order valence-electron chi connectivity index (χ4n) is 3.58. The summed E-state index contributed by atoms with van der Waals surface area (Å²) in [6.45, 7) is 3.12. The molecule has 1 amide bonds. The summed E-state index contributed by atoms with van der Waals surface area (Å²) in [7, 11) is 0. The van der Waals surface area contributed by atoms with E-state index in [4.69, 9.17) is 4.98 Å². The number of likely N-dealkylation sites (tertiary alicyclic amines) is 1. The predicted molar refractivity (Wildman–Crippen MR) is 110 cm³/mol. The van der Waals surface area contributed by atoms with E-state index in [1.165, 1.54) is 0 Å². The fraction of sp³-hybridized carbons (Fsp3) is 0.261. The van der Waals surface area contributed by atoms with Crippen LogP contribution in [0.5, 0.6) is 0 Å². The lowest BCUT2D eigenvalue weighted by atomic mass is 10.0. The Morgan fingerprint density at radius 3 is 2.57 bits per heavy atom. The lowest BCUT2D eigenvalue weighted by molar-refractivity contribution is -0.127. The van der Waals surface area contributed by atoms with Crippen molar-refractivity contribution >= 4 is 5.91 Å². The van der Waals surface area contributed by atoms with Gasteiger partial charge in [0.15, 0.2) is 0 Å². The van der Waals surface area contributed by atoms with Crippen molar-refractivity contribution < 1.29 is 4.79 Å². The SMILES string of the molecule is O=C1CCCN1CCNCc1cc(-c2ccccc2)cnc1-c1ccncc1. The van der Waals surface area contributed by atoms with Crippen LogP contribution in [0.15, 0.2) is 67.1 Å². The summed E-state index contributed by atoms with van der Waals surface area (Å²) in [4.78, 5) is 22.6. The number of nitrogens with zero attached hydrogens (tertiary/aromatic N) is 3. The zero-order chi connectivity index (χ0) is 19.2. The van der Waals surface area contributed by atoms with Gasteiger partial charge >= 0.3 is 0 Å². The van der Waals surface area contributed by atoms with Crippen molar-refractivity contribution in [3.63, 3.8) is 0 Å². The van der Waals surface area contributed by atoms with E-state index in [0.717, 1.165) is 54.0 Å². The molecule has 0 atom stereocenters. The first-order valence-electron chi connectivity index (χ1n) is 9.74. The van der Waals surface area contributed by atoms with Gasteiger partial charge in [-0.15, -0.1) is 0 Å². The van der Waals surface area contributed by atoms with Crippen molar-refractivity contribution in [1.29, 1.82) is 0 Å². The molecule has 1 aliphatic heterocycles. The molecule has 1 saturated heterocycles. The highest BCUT2D eigenvalue weighted by Crippen LogP contribution is 2.26. The zero-order valence-corrected chi connectivity index (χ0v) is 15.8. The van der Waals surface area contributed by atoms with Gasteiger partial charge in [-0.2, -0.15) is 0 Å². The number of hydrogen-bond donors (Lipinski definition) is 1. The summed E-state index contributed by atoms with van der Waals surface area (Å²) in [6.07, 6.45) is 7.18. The van der Waals surface area contributed by atoms with Crippen molar-refractivity contribution in [2.75, 3.05) is 19.6 Å². The second-order valence-corrected chi connectivity index (χ2v) is 6.99. The number of amides is 1. The molecule has 1 aromatic carbocycles. The highest BCUT2D eigenvalue weighted by molar-refractivity contribution is 5.78. The monoisotopic (exact) mass is 372 g/mol. The van der Waals surface area contributed by atoms with Gasteiger partial charge in [0.25, 0.3) is 0 Å². The number of benzene rings is 1. The molecule has 0 radical (unpaired) electrons. The van der Waals surface area contributed by atoms with Crippen LogP contribution in [0.4, 0.5) is 0 Å². The maximum atomic E-state index is 11.8. The Morgan fingerprint density at radius 1 is 1.00 bits per heavy atom. The minimum atomic E-state index is 0.270. The van der Waals surface area contributed by atoms with Gasteiger partial charge in [0.2, 0.25) is 5.91 Å². The Hall–Kier alpha value is -3.05. The highest BCUT2D eigenvalue weighted by atomic mass is 16.2. The van der Waals surface area contributed by atoms with Crippen molar-refractivity contribution in [2.45, 2.75) is 19.4 Å². The van der Waals surface area contributed by atoms with Crippen LogP contribution < -0.4 is 5.32 Å². The van der Waals surface area contributed by atoms with E-state index in [2.05, 4.69) is 28.5 Å². The predicted octanol–water partition coefficient (Wildman–Crippen LogP) is 3.52. The van der Waals surface area contributed by atoms with E-state index in [0.29, 0.717) is 13.0 Å². The van der Waals surface area contributed by atoms with E-state index in [-0.39, 0.29) is 5.91 Å². The highest BCUT2D eigenvalue weighted by Gasteiger charge is 2.19. The molecule has 1 N–H and O–H groups in total. The van der Waals surface area contributed by atoms with Gasteiger partial charge in [0.1, 0.15) is 0 Å². The maximum Gasteiger partial charge on any atom is 0.222 e. The summed E-state index contributed by atoms with van der Waals surface area (Å²) in [5.41, 5.74) is 5.42. The van der Waals surface area contributed by atoms with E-state index >= 15 is 0 Å². The van der Waals surface area contributed by atoms with Gasteiger partial charge in [-0.3, -0.25) is 14.8 Å². The number of aromatic nitrogens is 2. The second kappa shape index (κ2) is 8.76. The van der Waals surface area contributed by atoms with Crippen molar-refractivity contribution in [1.82, 2.24) is 20.2 Å². The third-order valence-electron chi connectivity index (χ3n) is 5.07. The molecule has 1 fully saturated rings. The lowest BCUT2D eigenvalue weighted by Crippen LogP contribution is -2.32. The molecule has 0 unspecified atom stereocenters. The Bertz CT molecular complexity index is 928. The average Bonchev–Trinajstić information content (AvgIpc) is 3.17. The van der Waals surface area contributed by atoms with Gasteiger partial charge in [0.05, 0.1) is 5.69 Å². The molecule has 5 nitrogen and oxygen atoms in total. The van der Waals surface area contributed by atoms with E-state index in [9.17, 15) is 4.79 Å². The molecular weight excluding hydrogens is 348 g/mol. The van der Waals surface area contributed by atoms with Gasteiger partial charge in [-0.05, 0) is 35.7 Å². The van der Waals surface area contributed by atoms with Crippen LogP contribution in [-0.2, 0) is 11.3 Å². The van der Waals surface area contributed by atoms with Crippen LogP contribution in [0, 0.1) is 0 Å². The number of rotatable bonds is 7. The fourth-order valence-corrected chi connectivity index (χ4v) is 3.58. The van der Waals surface area contributed by atoms with E-state index in [1.807, 2.05) is 41.4 Å². The van der Waals surface area contributed by atoms with Crippen LogP contribution >= 0.6 is 0 Å². The van der Waals surface area contributed by atoms with Crippen LogP contribution in [-0.4, -0.2) is 40.4 Å². The molecule has 4 rings (SSSR count). The summed E-state index contributed by atoms with van der Waals surface area (Å²) < 4.78 is 0. The molecule has 0 spiro atoms. The normalized spacial score (nSPS) is 13.9. The number of nitrogens with one attached hydrogen (secondary N) is 1. The quantitative estimate of drug-likeness (QED) is 0.645. The summed E-state index contributed by atoms with van der Waals surface area (Å²) >= 11 is 0.